The minimum absolute atomic E-state index is 0.296. The maximum Gasteiger partial charge on any atom is 0.258 e. The van der Waals surface area contributed by atoms with E-state index in [9.17, 15) is 9.18 Å². The van der Waals surface area contributed by atoms with Crippen molar-refractivity contribution in [2.75, 3.05) is 5.32 Å². The van der Waals surface area contributed by atoms with Gasteiger partial charge in [0, 0.05) is 16.4 Å². The first-order valence-electron chi connectivity index (χ1n) is 6.49. The summed E-state index contributed by atoms with van der Waals surface area (Å²) in [7, 11) is 0. The number of aromatic nitrogens is 2. The van der Waals surface area contributed by atoms with E-state index in [0.29, 0.717) is 11.3 Å². The molecule has 0 atom stereocenters. The predicted octanol–water partition coefficient (Wildman–Crippen LogP) is 4.03. The van der Waals surface area contributed by atoms with Crippen LogP contribution in [0.1, 0.15) is 10.4 Å². The molecule has 1 heterocycles. The molecule has 0 aliphatic rings. The van der Waals surface area contributed by atoms with Gasteiger partial charge in [-0.05, 0) is 48.5 Å². The van der Waals surface area contributed by atoms with Crippen LogP contribution in [0.2, 0.25) is 0 Å². The molecule has 6 heteroatoms. The first kappa shape index (κ1) is 14.5. The average molecular weight is 360 g/mol. The molecule has 0 aliphatic carbocycles. The third kappa shape index (κ3) is 3.23. The van der Waals surface area contributed by atoms with E-state index in [1.165, 1.54) is 30.5 Å². The fourth-order valence-corrected chi connectivity index (χ4v) is 2.18. The van der Waals surface area contributed by atoms with Gasteiger partial charge in [-0.2, -0.15) is 5.10 Å². The van der Waals surface area contributed by atoms with E-state index in [1.807, 2.05) is 24.3 Å². The van der Waals surface area contributed by atoms with Gasteiger partial charge in [0.25, 0.3) is 5.91 Å². The Morgan fingerprint density at radius 1 is 1.09 bits per heavy atom. The molecule has 3 aromatic rings. The van der Waals surface area contributed by atoms with Gasteiger partial charge in [0.15, 0.2) is 0 Å². The molecule has 0 bridgehead atoms. The van der Waals surface area contributed by atoms with Gasteiger partial charge in [-0.25, -0.2) is 9.07 Å². The van der Waals surface area contributed by atoms with Gasteiger partial charge in [0.1, 0.15) is 5.82 Å². The van der Waals surface area contributed by atoms with Crippen LogP contribution < -0.4 is 5.32 Å². The Morgan fingerprint density at radius 3 is 2.45 bits per heavy atom. The van der Waals surface area contributed by atoms with E-state index >= 15 is 0 Å². The van der Waals surface area contributed by atoms with Gasteiger partial charge in [0.05, 0.1) is 17.4 Å². The summed E-state index contributed by atoms with van der Waals surface area (Å²) in [6.45, 7) is 0. The largest absolute Gasteiger partial charge is 0.322 e. The summed E-state index contributed by atoms with van der Waals surface area (Å²) in [6, 6.07) is 13.2. The monoisotopic (exact) mass is 359 g/mol. The summed E-state index contributed by atoms with van der Waals surface area (Å²) >= 11 is 3.37. The van der Waals surface area contributed by atoms with Gasteiger partial charge < -0.3 is 5.32 Å². The van der Waals surface area contributed by atoms with E-state index in [4.69, 9.17) is 0 Å². The van der Waals surface area contributed by atoms with Crippen LogP contribution in [-0.4, -0.2) is 15.7 Å². The van der Waals surface area contributed by atoms with Crippen molar-refractivity contribution in [3.05, 3.63) is 76.8 Å². The van der Waals surface area contributed by atoms with Gasteiger partial charge in [-0.15, -0.1) is 0 Å². The Hall–Kier alpha value is -2.47. The number of halogens is 2. The molecule has 1 N–H and O–H groups in total. The number of nitrogens with zero attached hydrogens (tertiary/aromatic N) is 2. The molecule has 4 nitrogen and oxygen atoms in total. The quantitative estimate of drug-likeness (QED) is 0.767. The van der Waals surface area contributed by atoms with Crippen LogP contribution in [0.5, 0.6) is 0 Å². The third-order valence-electron chi connectivity index (χ3n) is 3.04. The Labute approximate surface area is 134 Å². The fraction of sp³-hybridized carbons (Fsp3) is 0. The number of hydrogen-bond acceptors (Lipinski definition) is 2. The molecule has 0 radical (unpaired) electrons. The van der Waals surface area contributed by atoms with Crippen molar-refractivity contribution in [2.24, 2.45) is 0 Å². The Balaban J connectivity index is 1.76. The van der Waals surface area contributed by atoms with Crippen molar-refractivity contribution >= 4 is 27.5 Å². The molecule has 2 aromatic carbocycles. The zero-order valence-electron chi connectivity index (χ0n) is 11.3. The number of carbonyl (C=O) groups is 1. The molecule has 0 fully saturated rings. The zero-order valence-corrected chi connectivity index (χ0v) is 12.9. The van der Waals surface area contributed by atoms with Crippen LogP contribution >= 0.6 is 15.9 Å². The highest BCUT2D eigenvalue weighted by Gasteiger charge is 2.10. The fourth-order valence-electron chi connectivity index (χ4n) is 1.91. The van der Waals surface area contributed by atoms with Crippen LogP contribution in [0.3, 0.4) is 0 Å². The van der Waals surface area contributed by atoms with Gasteiger partial charge in [-0.1, -0.05) is 15.9 Å². The van der Waals surface area contributed by atoms with Crippen molar-refractivity contribution in [1.29, 1.82) is 0 Å². The topological polar surface area (TPSA) is 46.9 Å². The van der Waals surface area contributed by atoms with Gasteiger partial charge in [0.2, 0.25) is 0 Å². The average Bonchev–Trinajstić information content (AvgIpc) is 3.00. The first-order valence-corrected chi connectivity index (χ1v) is 7.29. The number of anilines is 1. The number of rotatable bonds is 3. The number of benzene rings is 2. The number of amides is 1. The van der Waals surface area contributed by atoms with Crippen LogP contribution in [0.15, 0.2) is 65.4 Å². The maximum absolute atomic E-state index is 12.8. The molecule has 0 spiro atoms. The number of hydrogen-bond donors (Lipinski definition) is 1. The number of nitrogens with one attached hydrogen (secondary N) is 1. The molecule has 0 aliphatic heterocycles. The summed E-state index contributed by atoms with van der Waals surface area (Å²) in [5.74, 6) is -0.643. The Bertz CT molecular complexity index is 797. The molecule has 0 unspecified atom stereocenters. The van der Waals surface area contributed by atoms with Crippen molar-refractivity contribution in [3.8, 4) is 5.69 Å². The lowest BCUT2D eigenvalue weighted by Gasteiger charge is -2.03. The second kappa shape index (κ2) is 6.11. The van der Waals surface area contributed by atoms with Crippen LogP contribution in [0, 0.1) is 5.82 Å². The lowest BCUT2D eigenvalue weighted by molar-refractivity contribution is 0.102. The molecule has 1 amide bonds. The third-order valence-corrected chi connectivity index (χ3v) is 3.57. The van der Waals surface area contributed by atoms with Gasteiger partial charge >= 0.3 is 0 Å². The minimum atomic E-state index is -0.346. The molecule has 3 rings (SSSR count). The van der Waals surface area contributed by atoms with E-state index in [2.05, 4.69) is 26.3 Å². The molecular formula is C16H11BrFN3O. The number of carbonyl (C=O) groups excluding carboxylic acids is 1. The van der Waals surface area contributed by atoms with E-state index in [0.717, 1.165) is 10.2 Å². The maximum atomic E-state index is 12.8. The molecule has 0 saturated carbocycles. The molecule has 1 aromatic heterocycles. The van der Waals surface area contributed by atoms with Crippen LogP contribution in [0.4, 0.5) is 10.1 Å². The summed E-state index contributed by atoms with van der Waals surface area (Å²) < 4.78 is 15.4. The SMILES string of the molecule is O=C(Nc1ccc(F)cc1)c1cnn(-c2ccc(Br)cc2)c1. The highest BCUT2D eigenvalue weighted by Crippen LogP contribution is 2.15. The second-order valence-corrected chi connectivity index (χ2v) is 5.53. The normalized spacial score (nSPS) is 10.5. The van der Waals surface area contributed by atoms with Crippen LogP contribution in [0.25, 0.3) is 5.69 Å². The predicted molar refractivity (Wildman–Crippen MR) is 85.6 cm³/mol. The van der Waals surface area contributed by atoms with Crippen molar-refractivity contribution in [2.45, 2.75) is 0 Å². The van der Waals surface area contributed by atoms with Crippen molar-refractivity contribution < 1.29 is 9.18 Å². The molecule has 22 heavy (non-hydrogen) atoms. The zero-order chi connectivity index (χ0) is 15.5. The van der Waals surface area contributed by atoms with E-state index in [-0.39, 0.29) is 11.7 Å². The minimum Gasteiger partial charge on any atom is -0.322 e. The molecular weight excluding hydrogens is 349 g/mol. The highest BCUT2D eigenvalue weighted by atomic mass is 79.9. The second-order valence-electron chi connectivity index (χ2n) is 4.61. The molecule has 0 saturated heterocycles. The summed E-state index contributed by atoms with van der Waals surface area (Å²) in [6.07, 6.45) is 3.13. The highest BCUT2D eigenvalue weighted by molar-refractivity contribution is 9.10. The van der Waals surface area contributed by atoms with Crippen LogP contribution in [-0.2, 0) is 0 Å². The Kier molecular flexibility index (Phi) is 4.02. The van der Waals surface area contributed by atoms with Crippen molar-refractivity contribution in [1.82, 2.24) is 9.78 Å². The summed E-state index contributed by atoms with van der Waals surface area (Å²) in [5, 5.41) is 6.87. The standard InChI is InChI=1S/C16H11BrFN3O/c17-12-1-7-15(8-2-12)21-10-11(9-19-21)16(22)20-14-5-3-13(18)4-6-14/h1-10H,(H,20,22). The summed E-state index contributed by atoms with van der Waals surface area (Å²) in [4.78, 5) is 12.1. The molecule has 110 valence electrons. The first-order chi connectivity index (χ1) is 10.6. The van der Waals surface area contributed by atoms with Gasteiger partial charge in [-0.3, -0.25) is 4.79 Å². The summed E-state index contributed by atoms with van der Waals surface area (Å²) in [5.41, 5.74) is 1.80. The lowest BCUT2D eigenvalue weighted by Crippen LogP contribution is -2.11. The Morgan fingerprint density at radius 2 is 1.77 bits per heavy atom. The smallest absolute Gasteiger partial charge is 0.258 e. The lowest BCUT2D eigenvalue weighted by atomic mass is 10.3. The van der Waals surface area contributed by atoms with E-state index < -0.39 is 0 Å². The van der Waals surface area contributed by atoms with E-state index in [1.54, 1.807) is 10.9 Å². The van der Waals surface area contributed by atoms with Crippen molar-refractivity contribution in [3.63, 3.8) is 0 Å².